The molecule has 0 heterocycles. The molecule has 0 saturated heterocycles. The number of rotatable bonds is 2. The summed E-state index contributed by atoms with van der Waals surface area (Å²) < 4.78 is 12.7. The number of halogens is 2. The van der Waals surface area contributed by atoms with Crippen molar-refractivity contribution in [2.45, 2.75) is 13.1 Å². The average Bonchev–Trinajstić information content (AvgIpc) is 2.04. The van der Waals surface area contributed by atoms with Gasteiger partial charge in [0.05, 0.1) is 5.02 Å². The summed E-state index contributed by atoms with van der Waals surface area (Å²) in [6.45, 7) is 1.42. The molecular formula is C9H8ClFO. The van der Waals surface area contributed by atoms with Crippen LogP contribution in [0.4, 0.5) is 4.39 Å². The van der Waals surface area contributed by atoms with E-state index in [0.29, 0.717) is 22.4 Å². The number of hydrogen-bond donors (Lipinski definition) is 0. The van der Waals surface area contributed by atoms with Gasteiger partial charge in [0.25, 0.3) is 0 Å². The molecule has 3 heteroatoms. The molecule has 1 atom stereocenters. The van der Waals surface area contributed by atoms with Crippen molar-refractivity contribution in [2.24, 2.45) is 0 Å². The Bertz CT molecular complexity index is 297. The van der Waals surface area contributed by atoms with E-state index in [2.05, 4.69) is 0 Å². The van der Waals surface area contributed by atoms with Gasteiger partial charge in [-0.1, -0.05) is 17.7 Å². The standard InChI is InChI=1S/C9H8ClFO/c1-6(11)7-2-3-8(5-12)9(10)4-7/h2-6H,1H3. The lowest BCUT2D eigenvalue weighted by Gasteiger charge is -2.03. The van der Waals surface area contributed by atoms with Crippen LogP contribution in [-0.4, -0.2) is 6.29 Å². The number of carbonyl (C=O) groups is 1. The van der Waals surface area contributed by atoms with E-state index >= 15 is 0 Å². The Kier molecular flexibility index (Phi) is 2.82. The van der Waals surface area contributed by atoms with Gasteiger partial charge in [-0.3, -0.25) is 4.79 Å². The average molecular weight is 187 g/mol. The summed E-state index contributed by atoms with van der Waals surface area (Å²) in [6.07, 6.45) is -0.405. The van der Waals surface area contributed by atoms with Gasteiger partial charge in [0, 0.05) is 5.56 Å². The van der Waals surface area contributed by atoms with E-state index in [9.17, 15) is 9.18 Å². The lowest BCUT2D eigenvalue weighted by molar-refractivity contribution is 0.112. The maximum Gasteiger partial charge on any atom is 0.151 e. The van der Waals surface area contributed by atoms with Crippen molar-refractivity contribution in [3.8, 4) is 0 Å². The Morgan fingerprint density at radius 2 is 2.25 bits per heavy atom. The Labute approximate surface area is 75.2 Å². The van der Waals surface area contributed by atoms with Gasteiger partial charge >= 0.3 is 0 Å². The molecular weight excluding hydrogens is 179 g/mol. The maximum absolute atomic E-state index is 12.7. The van der Waals surface area contributed by atoms with Crippen molar-refractivity contribution in [2.75, 3.05) is 0 Å². The number of alkyl halides is 1. The second-order valence-corrected chi connectivity index (χ2v) is 2.92. The van der Waals surface area contributed by atoms with Crippen molar-refractivity contribution in [3.05, 3.63) is 34.3 Å². The Hall–Kier alpha value is -0.890. The Balaban J connectivity index is 3.10. The number of hydrogen-bond acceptors (Lipinski definition) is 1. The molecule has 0 radical (unpaired) electrons. The normalized spacial score (nSPS) is 12.6. The van der Waals surface area contributed by atoms with Crippen LogP contribution in [0.15, 0.2) is 18.2 Å². The zero-order chi connectivity index (χ0) is 9.14. The first kappa shape index (κ1) is 9.20. The number of aldehydes is 1. The summed E-state index contributed by atoms with van der Waals surface area (Å²) in [5.41, 5.74) is 0.881. The van der Waals surface area contributed by atoms with E-state index in [4.69, 9.17) is 11.6 Å². The Morgan fingerprint density at radius 1 is 1.58 bits per heavy atom. The van der Waals surface area contributed by atoms with Crippen molar-refractivity contribution in [1.29, 1.82) is 0 Å². The fraction of sp³-hybridized carbons (Fsp3) is 0.222. The fourth-order valence-corrected chi connectivity index (χ4v) is 1.12. The van der Waals surface area contributed by atoms with E-state index in [1.165, 1.54) is 19.1 Å². The van der Waals surface area contributed by atoms with E-state index < -0.39 is 6.17 Å². The third-order valence-corrected chi connectivity index (χ3v) is 1.94. The second kappa shape index (κ2) is 3.68. The fourth-order valence-electron chi connectivity index (χ4n) is 0.886. The third kappa shape index (κ3) is 1.83. The quantitative estimate of drug-likeness (QED) is 0.649. The molecule has 1 rings (SSSR count). The van der Waals surface area contributed by atoms with E-state index in [1.54, 1.807) is 6.07 Å². The smallest absolute Gasteiger partial charge is 0.151 e. The highest BCUT2D eigenvalue weighted by atomic mass is 35.5. The first-order valence-corrected chi connectivity index (χ1v) is 3.91. The van der Waals surface area contributed by atoms with Crippen molar-refractivity contribution >= 4 is 17.9 Å². The first-order chi connectivity index (χ1) is 5.65. The summed E-state index contributed by atoms with van der Waals surface area (Å²) in [5.74, 6) is 0. The first-order valence-electron chi connectivity index (χ1n) is 3.54. The predicted octanol–water partition coefficient (Wildman–Crippen LogP) is 3.18. The molecule has 1 unspecified atom stereocenters. The van der Waals surface area contributed by atoms with Gasteiger partial charge in [-0.15, -0.1) is 0 Å². The van der Waals surface area contributed by atoms with Crippen LogP contribution in [0.2, 0.25) is 5.02 Å². The summed E-state index contributed by atoms with van der Waals surface area (Å²) in [4.78, 5) is 10.3. The van der Waals surface area contributed by atoms with Crippen LogP contribution in [0, 0.1) is 0 Å². The van der Waals surface area contributed by atoms with Gasteiger partial charge < -0.3 is 0 Å². The highest BCUT2D eigenvalue weighted by molar-refractivity contribution is 6.33. The molecule has 0 spiro atoms. The third-order valence-electron chi connectivity index (χ3n) is 1.61. The highest BCUT2D eigenvalue weighted by Crippen LogP contribution is 2.22. The van der Waals surface area contributed by atoms with Crippen LogP contribution in [0.5, 0.6) is 0 Å². The molecule has 0 aromatic heterocycles. The van der Waals surface area contributed by atoms with Crippen LogP contribution in [0.25, 0.3) is 0 Å². The molecule has 0 fully saturated rings. The van der Waals surface area contributed by atoms with Crippen LogP contribution < -0.4 is 0 Å². The second-order valence-electron chi connectivity index (χ2n) is 2.51. The van der Waals surface area contributed by atoms with E-state index in [1.807, 2.05) is 0 Å². The molecule has 1 aromatic rings. The van der Waals surface area contributed by atoms with Crippen LogP contribution in [-0.2, 0) is 0 Å². The minimum absolute atomic E-state index is 0.298. The molecule has 1 aromatic carbocycles. The van der Waals surface area contributed by atoms with Gasteiger partial charge in [-0.05, 0) is 24.6 Å². The van der Waals surface area contributed by atoms with Crippen molar-refractivity contribution in [1.82, 2.24) is 0 Å². The molecule has 0 bridgehead atoms. The number of carbonyl (C=O) groups excluding carboxylic acids is 1. The predicted molar refractivity (Wildman–Crippen MR) is 46.4 cm³/mol. The van der Waals surface area contributed by atoms with Crippen molar-refractivity contribution in [3.63, 3.8) is 0 Å². The molecule has 12 heavy (non-hydrogen) atoms. The van der Waals surface area contributed by atoms with E-state index in [0.717, 1.165) is 0 Å². The minimum Gasteiger partial charge on any atom is -0.298 e. The zero-order valence-electron chi connectivity index (χ0n) is 6.55. The molecule has 0 saturated carbocycles. The summed E-state index contributed by atoms with van der Waals surface area (Å²) in [7, 11) is 0. The molecule has 0 aliphatic heterocycles. The lowest BCUT2D eigenvalue weighted by Crippen LogP contribution is -1.88. The van der Waals surface area contributed by atoms with Crippen LogP contribution in [0.1, 0.15) is 29.0 Å². The van der Waals surface area contributed by atoms with Crippen LogP contribution >= 0.6 is 11.6 Å². The maximum atomic E-state index is 12.7. The minimum atomic E-state index is -1.05. The molecule has 0 aliphatic carbocycles. The summed E-state index contributed by atoms with van der Waals surface area (Å²) in [5, 5.41) is 0.298. The van der Waals surface area contributed by atoms with Gasteiger partial charge in [0.15, 0.2) is 6.29 Å². The van der Waals surface area contributed by atoms with Gasteiger partial charge in [-0.2, -0.15) is 0 Å². The van der Waals surface area contributed by atoms with E-state index in [-0.39, 0.29) is 0 Å². The SMILES string of the molecule is CC(F)c1ccc(C=O)c(Cl)c1. The largest absolute Gasteiger partial charge is 0.298 e. The highest BCUT2D eigenvalue weighted by Gasteiger charge is 2.05. The molecule has 1 nitrogen and oxygen atoms in total. The number of benzene rings is 1. The van der Waals surface area contributed by atoms with Crippen molar-refractivity contribution < 1.29 is 9.18 Å². The molecule has 0 aliphatic rings. The zero-order valence-corrected chi connectivity index (χ0v) is 7.31. The summed E-state index contributed by atoms with van der Waals surface area (Å²) in [6, 6.07) is 4.54. The van der Waals surface area contributed by atoms with Gasteiger partial charge in [0.2, 0.25) is 0 Å². The lowest BCUT2D eigenvalue weighted by atomic mass is 10.1. The topological polar surface area (TPSA) is 17.1 Å². The molecule has 64 valence electrons. The summed E-state index contributed by atoms with van der Waals surface area (Å²) >= 11 is 5.68. The van der Waals surface area contributed by atoms with Gasteiger partial charge in [-0.25, -0.2) is 4.39 Å². The Morgan fingerprint density at radius 3 is 2.67 bits per heavy atom. The molecule has 0 N–H and O–H groups in total. The van der Waals surface area contributed by atoms with Gasteiger partial charge in [0.1, 0.15) is 6.17 Å². The monoisotopic (exact) mass is 186 g/mol. The molecule has 0 amide bonds. The van der Waals surface area contributed by atoms with Crippen LogP contribution in [0.3, 0.4) is 0 Å².